The fourth-order valence-corrected chi connectivity index (χ4v) is 11.3. The number of carbonyl (C=O) groups excluding carboxylic acids is 2. The van der Waals surface area contributed by atoms with Gasteiger partial charge in [0.2, 0.25) is 0 Å². The van der Waals surface area contributed by atoms with Crippen molar-refractivity contribution < 1.29 is 58.6 Å². The second kappa shape index (κ2) is 14.0. The quantitative estimate of drug-likeness (QED) is 0.107. The predicted octanol–water partition coefficient (Wildman–Crippen LogP) is 3.03. The molecular weight excluding hydrogens is 616 g/mol. The van der Waals surface area contributed by atoms with E-state index in [-0.39, 0.29) is 26.4 Å². The summed E-state index contributed by atoms with van der Waals surface area (Å²) >= 11 is 0. The Morgan fingerprint density at radius 3 is 1.13 bits per heavy atom. The Hall–Kier alpha value is -2.68. The summed E-state index contributed by atoms with van der Waals surface area (Å²) in [4.78, 5) is 53.5. The Bertz CT molecular complexity index is 1020. The van der Waals surface area contributed by atoms with Crippen molar-refractivity contribution >= 4 is 24.1 Å². The molecule has 8 rings (SSSR count). The van der Waals surface area contributed by atoms with Crippen LogP contribution >= 0.6 is 0 Å². The van der Waals surface area contributed by atoms with Gasteiger partial charge in [0.15, 0.2) is 12.5 Å². The topological polar surface area (TPSA) is 193 Å². The van der Waals surface area contributed by atoms with Gasteiger partial charge in [-0.2, -0.15) is 0 Å². The molecule has 264 valence electrons. The van der Waals surface area contributed by atoms with Gasteiger partial charge in [-0.1, -0.05) is 0 Å². The fourth-order valence-electron chi connectivity index (χ4n) is 11.3. The number of aliphatic hydroxyl groups excluding tert-OH is 2. The van der Waals surface area contributed by atoms with Crippen molar-refractivity contribution in [3.8, 4) is 0 Å². The van der Waals surface area contributed by atoms with Crippen molar-refractivity contribution in [3.05, 3.63) is 0 Å². The molecule has 8 bridgehead atoms. The Kier molecular flexibility index (Phi) is 10.2. The van der Waals surface area contributed by atoms with Crippen molar-refractivity contribution in [2.45, 2.75) is 107 Å². The van der Waals surface area contributed by atoms with Crippen molar-refractivity contribution in [2.24, 2.45) is 35.5 Å². The molecule has 8 saturated carbocycles. The van der Waals surface area contributed by atoms with Crippen molar-refractivity contribution in [2.75, 3.05) is 39.6 Å². The standard InChI is InChI=1S/C33H50N2O12/c36-1-3-44-26(34(30(40)41)32-12-20-5-21(13-32)7-22(6-20)14-32)18-46-28(38)11-29(39)47-19-27(45-4-2-37)35(31(42)43)33-15-23-8-24(16-33)10-25(9-23)17-33/h20-27,36-37H,1-19H2,(H,40,41)(H,42,43). The molecule has 0 heterocycles. The van der Waals surface area contributed by atoms with Crippen LogP contribution in [-0.4, -0.2) is 118 Å². The second-order valence-electron chi connectivity index (χ2n) is 15.2. The van der Waals surface area contributed by atoms with Gasteiger partial charge in [0.25, 0.3) is 0 Å². The first-order valence-corrected chi connectivity index (χ1v) is 17.3. The van der Waals surface area contributed by atoms with Gasteiger partial charge in [-0.3, -0.25) is 19.4 Å². The minimum atomic E-state index is -1.18. The van der Waals surface area contributed by atoms with Gasteiger partial charge in [-0.05, 0) is 113 Å². The summed E-state index contributed by atoms with van der Waals surface area (Å²) < 4.78 is 22.2. The molecule has 8 fully saturated rings. The normalized spacial score (nSPS) is 35.7. The van der Waals surface area contributed by atoms with Gasteiger partial charge in [0, 0.05) is 11.1 Å². The van der Waals surface area contributed by atoms with Gasteiger partial charge in [-0.25, -0.2) is 9.59 Å². The third kappa shape index (κ3) is 7.20. The van der Waals surface area contributed by atoms with E-state index in [9.17, 15) is 39.6 Å². The van der Waals surface area contributed by atoms with Crippen molar-refractivity contribution in [1.29, 1.82) is 0 Å². The van der Waals surface area contributed by atoms with Crippen molar-refractivity contribution in [1.82, 2.24) is 9.80 Å². The summed E-state index contributed by atoms with van der Waals surface area (Å²) in [7, 11) is 0. The number of carboxylic acid groups (broad SMARTS) is 2. The van der Waals surface area contributed by atoms with Crippen LogP contribution in [0, 0.1) is 35.5 Å². The molecule has 14 nitrogen and oxygen atoms in total. The van der Waals surface area contributed by atoms with E-state index in [1.807, 2.05) is 0 Å². The maximum absolute atomic E-state index is 12.8. The number of ether oxygens (including phenoxy) is 4. The van der Waals surface area contributed by atoms with Gasteiger partial charge in [0.05, 0.1) is 26.4 Å². The first-order valence-electron chi connectivity index (χ1n) is 17.3. The first kappa shape index (κ1) is 34.2. The summed E-state index contributed by atoms with van der Waals surface area (Å²) in [5.74, 6) is 0.787. The van der Waals surface area contributed by atoms with E-state index in [2.05, 4.69) is 0 Å². The maximum atomic E-state index is 12.8. The minimum Gasteiger partial charge on any atom is -0.465 e. The summed E-state index contributed by atoms with van der Waals surface area (Å²) in [5, 5.41) is 39.5. The average molecular weight is 667 g/mol. The summed E-state index contributed by atoms with van der Waals surface area (Å²) in [6, 6.07) is 0. The Labute approximate surface area is 274 Å². The molecule has 0 spiro atoms. The maximum Gasteiger partial charge on any atom is 0.409 e. The van der Waals surface area contributed by atoms with Crippen LogP contribution in [0.1, 0.15) is 83.5 Å². The Morgan fingerprint density at radius 1 is 0.574 bits per heavy atom. The van der Waals surface area contributed by atoms with E-state index in [1.165, 1.54) is 9.80 Å². The molecule has 2 unspecified atom stereocenters. The lowest BCUT2D eigenvalue weighted by atomic mass is 9.52. The van der Waals surface area contributed by atoms with Gasteiger partial charge in [-0.15, -0.1) is 0 Å². The molecule has 0 radical (unpaired) electrons. The largest absolute Gasteiger partial charge is 0.465 e. The van der Waals surface area contributed by atoms with Crippen LogP contribution in [0.3, 0.4) is 0 Å². The lowest BCUT2D eigenvalue weighted by Crippen LogP contribution is -2.65. The van der Waals surface area contributed by atoms with Crippen LogP contribution in [0.25, 0.3) is 0 Å². The number of aliphatic hydroxyl groups is 2. The van der Waals surface area contributed by atoms with E-state index < -0.39 is 67.3 Å². The molecule has 47 heavy (non-hydrogen) atoms. The minimum absolute atomic E-state index is 0.153. The van der Waals surface area contributed by atoms with E-state index in [0.29, 0.717) is 35.5 Å². The highest BCUT2D eigenvalue weighted by Crippen LogP contribution is 2.59. The average Bonchev–Trinajstić information content (AvgIpc) is 2.97. The van der Waals surface area contributed by atoms with E-state index in [0.717, 1.165) is 77.0 Å². The first-order chi connectivity index (χ1) is 22.5. The SMILES string of the molecule is O=C(CC(=O)OCC(OCCO)N(C(=O)O)C12CC3CC(CC(C3)C1)C2)OCC(OCCO)N(C(=O)O)C12CC3CC(CC(C3)C1)C2. The number of amides is 2. The van der Waals surface area contributed by atoms with Crippen LogP contribution in [0.2, 0.25) is 0 Å². The van der Waals surface area contributed by atoms with Gasteiger partial charge >= 0.3 is 24.1 Å². The number of nitrogens with zero attached hydrogens (tertiary/aromatic N) is 2. The summed E-state index contributed by atoms with van der Waals surface area (Å²) in [5.41, 5.74) is -1.25. The number of esters is 2. The highest BCUT2D eigenvalue weighted by molar-refractivity contribution is 5.91. The molecule has 0 aromatic heterocycles. The third-order valence-corrected chi connectivity index (χ3v) is 11.9. The number of rotatable bonds is 16. The van der Waals surface area contributed by atoms with E-state index in [1.54, 1.807) is 0 Å². The molecule has 4 N–H and O–H groups in total. The highest BCUT2D eigenvalue weighted by atomic mass is 16.6. The number of hydrogen-bond donors (Lipinski definition) is 4. The molecule has 0 saturated heterocycles. The van der Waals surface area contributed by atoms with Crippen LogP contribution in [-0.2, 0) is 28.5 Å². The zero-order valence-corrected chi connectivity index (χ0v) is 27.0. The molecular formula is C33H50N2O12. The lowest BCUT2D eigenvalue weighted by molar-refractivity contribution is -0.184. The molecule has 8 aliphatic rings. The second-order valence-corrected chi connectivity index (χ2v) is 15.2. The number of hydrogen-bond acceptors (Lipinski definition) is 10. The molecule has 0 aromatic carbocycles. The van der Waals surface area contributed by atoms with Crippen LogP contribution in [0.15, 0.2) is 0 Å². The summed E-state index contributed by atoms with van der Waals surface area (Å²) in [6.07, 6.45) is 5.49. The zero-order valence-electron chi connectivity index (χ0n) is 27.0. The van der Waals surface area contributed by atoms with E-state index >= 15 is 0 Å². The van der Waals surface area contributed by atoms with Crippen LogP contribution in [0.4, 0.5) is 9.59 Å². The molecule has 0 aliphatic heterocycles. The smallest absolute Gasteiger partial charge is 0.409 e. The van der Waals surface area contributed by atoms with Crippen LogP contribution in [0.5, 0.6) is 0 Å². The molecule has 2 atom stereocenters. The van der Waals surface area contributed by atoms with Crippen LogP contribution < -0.4 is 0 Å². The third-order valence-electron chi connectivity index (χ3n) is 11.9. The fraction of sp³-hybridized carbons (Fsp3) is 0.879. The Morgan fingerprint density at radius 2 is 0.872 bits per heavy atom. The lowest BCUT2D eigenvalue weighted by Gasteiger charge is -2.60. The summed E-state index contributed by atoms with van der Waals surface area (Å²) in [6.45, 7) is -1.91. The Balaban J connectivity index is 1.06. The molecule has 8 aliphatic carbocycles. The van der Waals surface area contributed by atoms with E-state index in [4.69, 9.17) is 18.9 Å². The molecule has 14 heteroatoms. The number of carbonyl (C=O) groups is 4. The van der Waals surface area contributed by atoms with Crippen molar-refractivity contribution in [3.63, 3.8) is 0 Å². The molecule has 2 amide bonds. The predicted molar refractivity (Wildman–Crippen MR) is 162 cm³/mol. The highest BCUT2D eigenvalue weighted by Gasteiger charge is 2.58. The monoisotopic (exact) mass is 666 g/mol. The molecule has 0 aromatic rings. The van der Waals surface area contributed by atoms with Gasteiger partial charge in [0.1, 0.15) is 19.6 Å². The van der Waals surface area contributed by atoms with Gasteiger partial charge < -0.3 is 39.4 Å². The zero-order chi connectivity index (χ0) is 33.3.